The van der Waals surface area contributed by atoms with Crippen LogP contribution in [0.15, 0.2) is 134 Å². The summed E-state index contributed by atoms with van der Waals surface area (Å²) in [6.07, 6.45) is 1.69. The van der Waals surface area contributed by atoms with Crippen LogP contribution in [0.25, 0.3) is 66.1 Å². The van der Waals surface area contributed by atoms with Crippen LogP contribution in [0.2, 0.25) is 0 Å². The van der Waals surface area contributed by atoms with Crippen molar-refractivity contribution in [2.24, 2.45) is 0 Å². The molecule has 0 fully saturated rings. The summed E-state index contributed by atoms with van der Waals surface area (Å²) >= 11 is 0. The van der Waals surface area contributed by atoms with E-state index in [4.69, 9.17) is 0 Å². The number of hydrogen-bond acceptors (Lipinski definition) is 2. The quantitative estimate of drug-likeness (QED) is 0.238. The van der Waals surface area contributed by atoms with Gasteiger partial charge in [0, 0.05) is 39.1 Å². The van der Waals surface area contributed by atoms with E-state index in [9.17, 15) is 5.26 Å². The summed E-state index contributed by atoms with van der Waals surface area (Å²) < 4.78 is 4.76. The monoisotopic (exact) mass is 510 g/mol. The third kappa shape index (κ3) is 3.22. The van der Waals surface area contributed by atoms with Crippen LogP contribution in [0.4, 0.5) is 0 Å². The molecule has 0 saturated carbocycles. The van der Waals surface area contributed by atoms with E-state index < -0.39 is 0 Å². The lowest BCUT2D eigenvalue weighted by molar-refractivity contribution is 1.17. The van der Waals surface area contributed by atoms with Crippen molar-refractivity contribution < 1.29 is 0 Å². The normalized spacial score (nSPS) is 11.5. The van der Waals surface area contributed by atoms with Crippen molar-refractivity contribution in [3.05, 3.63) is 139 Å². The highest BCUT2D eigenvalue weighted by molar-refractivity contribution is 6.26. The molecular weight excluding hydrogens is 488 g/mol. The molecule has 0 atom stereocenters. The Kier molecular flexibility index (Phi) is 4.85. The summed E-state index contributed by atoms with van der Waals surface area (Å²) in [7, 11) is 0. The molecule has 0 radical (unpaired) electrons. The highest BCUT2D eigenvalue weighted by atomic mass is 15.0. The van der Waals surface area contributed by atoms with Gasteiger partial charge in [0.1, 0.15) is 11.8 Å². The first-order valence-corrected chi connectivity index (χ1v) is 13.3. The number of para-hydroxylation sites is 3. The van der Waals surface area contributed by atoms with Crippen LogP contribution in [0.3, 0.4) is 0 Å². The number of fused-ring (bicyclic) bond motifs is 7. The molecule has 3 heterocycles. The van der Waals surface area contributed by atoms with Gasteiger partial charge in [-0.3, -0.25) is 0 Å². The van der Waals surface area contributed by atoms with Crippen LogP contribution in [0.5, 0.6) is 0 Å². The van der Waals surface area contributed by atoms with Crippen molar-refractivity contribution in [2.45, 2.75) is 0 Å². The second-order valence-corrected chi connectivity index (χ2v) is 9.99. The lowest BCUT2D eigenvalue weighted by Gasteiger charge is -2.11. The molecule has 40 heavy (non-hydrogen) atoms. The number of pyridine rings is 1. The number of hydrogen-bond donors (Lipinski definition) is 0. The highest BCUT2D eigenvalue weighted by Crippen LogP contribution is 2.42. The fourth-order valence-electron chi connectivity index (χ4n) is 6.13. The fourth-order valence-corrected chi connectivity index (χ4v) is 6.13. The molecule has 0 unspecified atom stereocenters. The Morgan fingerprint density at radius 3 is 2.05 bits per heavy atom. The van der Waals surface area contributed by atoms with E-state index in [0.29, 0.717) is 5.69 Å². The average Bonchev–Trinajstić information content (AvgIpc) is 3.54. The zero-order valence-corrected chi connectivity index (χ0v) is 21.5. The molecule has 0 aliphatic carbocycles. The average molecular weight is 511 g/mol. The standard InChI is InChI=1S/C36H22N4/c37-23-26-21-25(19-20-38-26)24-9-8-12-28(22-24)39-33-16-7-5-14-31(33)35-34(39)18-17-30-29-13-4-6-15-32(29)40(36(30)35)27-10-2-1-3-11-27/h1-22H. The lowest BCUT2D eigenvalue weighted by atomic mass is 10.1. The second-order valence-electron chi connectivity index (χ2n) is 9.99. The molecule has 3 aromatic heterocycles. The minimum Gasteiger partial charge on any atom is -0.309 e. The summed E-state index contributed by atoms with van der Waals surface area (Å²) in [5.74, 6) is 0. The van der Waals surface area contributed by atoms with Gasteiger partial charge in [-0.15, -0.1) is 0 Å². The molecule has 0 spiro atoms. The van der Waals surface area contributed by atoms with E-state index in [0.717, 1.165) is 33.5 Å². The van der Waals surface area contributed by atoms with Crippen molar-refractivity contribution in [1.82, 2.24) is 14.1 Å². The maximum atomic E-state index is 9.38. The van der Waals surface area contributed by atoms with Crippen molar-refractivity contribution >= 4 is 43.6 Å². The van der Waals surface area contributed by atoms with Gasteiger partial charge in [-0.25, -0.2) is 4.98 Å². The smallest absolute Gasteiger partial charge is 0.141 e. The van der Waals surface area contributed by atoms with Gasteiger partial charge in [0.25, 0.3) is 0 Å². The number of benzene rings is 5. The fraction of sp³-hybridized carbons (Fsp3) is 0. The van der Waals surface area contributed by atoms with Gasteiger partial charge >= 0.3 is 0 Å². The molecule has 4 heteroatoms. The molecule has 0 amide bonds. The van der Waals surface area contributed by atoms with Crippen LogP contribution in [0.1, 0.15) is 5.69 Å². The maximum Gasteiger partial charge on any atom is 0.141 e. The van der Waals surface area contributed by atoms with Crippen molar-refractivity contribution in [1.29, 1.82) is 5.26 Å². The minimum atomic E-state index is 0.413. The summed E-state index contributed by atoms with van der Waals surface area (Å²) in [6.45, 7) is 0. The first-order chi connectivity index (χ1) is 19.8. The molecule has 0 aliphatic heterocycles. The topological polar surface area (TPSA) is 46.5 Å². The molecule has 5 aromatic carbocycles. The molecule has 0 saturated heterocycles. The number of aromatic nitrogens is 3. The zero-order valence-electron chi connectivity index (χ0n) is 21.5. The van der Waals surface area contributed by atoms with Gasteiger partial charge in [-0.1, -0.05) is 72.8 Å². The largest absolute Gasteiger partial charge is 0.309 e. The van der Waals surface area contributed by atoms with E-state index >= 15 is 0 Å². The predicted octanol–water partition coefficient (Wildman–Crippen LogP) is 8.81. The van der Waals surface area contributed by atoms with Crippen molar-refractivity contribution in [3.8, 4) is 28.6 Å². The van der Waals surface area contributed by atoms with Crippen LogP contribution in [-0.4, -0.2) is 14.1 Å². The molecule has 8 rings (SSSR count). The van der Waals surface area contributed by atoms with Gasteiger partial charge in [0.15, 0.2) is 0 Å². The molecule has 0 aliphatic rings. The second kappa shape index (κ2) is 8.69. The summed E-state index contributed by atoms with van der Waals surface area (Å²) in [5, 5.41) is 14.3. The number of rotatable bonds is 3. The van der Waals surface area contributed by atoms with Gasteiger partial charge in [0.05, 0.1) is 22.1 Å². The van der Waals surface area contributed by atoms with Gasteiger partial charge in [-0.05, 0) is 65.7 Å². The summed E-state index contributed by atoms with van der Waals surface area (Å²) in [6, 6.07) is 46.9. The Morgan fingerprint density at radius 1 is 0.525 bits per heavy atom. The number of nitriles is 1. The first kappa shape index (κ1) is 22.3. The first-order valence-electron chi connectivity index (χ1n) is 13.3. The maximum absolute atomic E-state index is 9.38. The van der Waals surface area contributed by atoms with Gasteiger partial charge in [0.2, 0.25) is 0 Å². The highest BCUT2D eigenvalue weighted by Gasteiger charge is 2.20. The van der Waals surface area contributed by atoms with E-state index in [1.54, 1.807) is 6.20 Å². The Morgan fingerprint density at radius 2 is 1.23 bits per heavy atom. The molecule has 8 aromatic rings. The van der Waals surface area contributed by atoms with Crippen molar-refractivity contribution in [2.75, 3.05) is 0 Å². The lowest BCUT2D eigenvalue weighted by Crippen LogP contribution is -1.95. The molecule has 0 N–H and O–H groups in total. The van der Waals surface area contributed by atoms with Crippen LogP contribution >= 0.6 is 0 Å². The molecular formula is C36H22N4. The Labute approximate surface area is 230 Å². The van der Waals surface area contributed by atoms with Crippen LogP contribution < -0.4 is 0 Å². The Hall–Kier alpha value is -5.66. The third-order valence-corrected chi connectivity index (χ3v) is 7.80. The van der Waals surface area contributed by atoms with Crippen LogP contribution in [0, 0.1) is 11.3 Å². The molecule has 4 nitrogen and oxygen atoms in total. The van der Waals surface area contributed by atoms with Crippen molar-refractivity contribution in [3.63, 3.8) is 0 Å². The Bertz CT molecular complexity index is 2280. The molecule has 0 bridgehead atoms. The zero-order chi connectivity index (χ0) is 26.6. The van der Waals surface area contributed by atoms with Gasteiger partial charge < -0.3 is 9.13 Å². The third-order valence-electron chi connectivity index (χ3n) is 7.80. The van der Waals surface area contributed by atoms with Crippen LogP contribution in [-0.2, 0) is 0 Å². The van der Waals surface area contributed by atoms with E-state index in [1.165, 1.54) is 32.6 Å². The number of nitrogens with zero attached hydrogens (tertiary/aromatic N) is 4. The Balaban J connectivity index is 1.49. The SMILES string of the molecule is N#Cc1cc(-c2cccc(-n3c4ccccc4c4c3ccc3c5ccccc5n(-c5ccccc5)c34)c2)ccn1. The summed E-state index contributed by atoms with van der Waals surface area (Å²) in [5.41, 5.74) is 9.35. The minimum absolute atomic E-state index is 0.413. The predicted molar refractivity (Wildman–Crippen MR) is 163 cm³/mol. The van der Waals surface area contributed by atoms with E-state index in [2.05, 4.69) is 135 Å². The van der Waals surface area contributed by atoms with E-state index in [-0.39, 0.29) is 0 Å². The van der Waals surface area contributed by atoms with Gasteiger partial charge in [-0.2, -0.15) is 5.26 Å². The summed E-state index contributed by atoms with van der Waals surface area (Å²) in [4.78, 5) is 4.15. The van der Waals surface area contributed by atoms with E-state index in [1.807, 2.05) is 12.1 Å². The molecule has 186 valence electrons.